The molecule has 1 aromatic heterocycles. The minimum Gasteiger partial charge on any atom is -0.337 e. The summed E-state index contributed by atoms with van der Waals surface area (Å²) in [5.41, 5.74) is -1.64. The number of fused-ring (bicyclic) bond motifs is 1. The zero-order valence-corrected chi connectivity index (χ0v) is 16.4. The Labute approximate surface area is 164 Å². The van der Waals surface area contributed by atoms with Gasteiger partial charge in [-0.25, -0.2) is 4.39 Å². The summed E-state index contributed by atoms with van der Waals surface area (Å²) in [4.78, 5) is 41.1. The van der Waals surface area contributed by atoms with Gasteiger partial charge < -0.3 is 14.4 Å². The van der Waals surface area contributed by atoms with Crippen LogP contribution in [-0.2, 0) is 22.3 Å². The third kappa shape index (κ3) is 3.35. The second kappa shape index (κ2) is 7.33. The SMILES string of the molecule is Cn1ccc(C2(F)CCN(C(=O)[C@@H]3CC[C@@H]4CCCCCC(=O)N43)C2)cc1=O. The van der Waals surface area contributed by atoms with Gasteiger partial charge in [0.2, 0.25) is 11.8 Å². The molecule has 2 amide bonds. The maximum atomic E-state index is 15.6. The quantitative estimate of drug-likeness (QED) is 0.778. The second-order valence-corrected chi connectivity index (χ2v) is 8.49. The summed E-state index contributed by atoms with van der Waals surface area (Å²) in [6.45, 7) is 0.260. The summed E-state index contributed by atoms with van der Waals surface area (Å²) < 4.78 is 17.0. The Hall–Kier alpha value is -2.18. The lowest BCUT2D eigenvalue weighted by Gasteiger charge is -2.33. The molecule has 0 bridgehead atoms. The Morgan fingerprint density at radius 2 is 2.00 bits per heavy atom. The Balaban J connectivity index is 1.50. The monoisotopic (exact) mass is 389 g/mol. The van der Waals surface area contributed by atoms with Gasteiger partial charge in [-0.2, -0.15) is 0 Å². The number of carbonyl (C=O) groups is 2. The fraction of sp³-hybridized carbons (Fsp3) is 0.667. The van der Waals surface area contributed by atoms with E-state index in [-0.39, 0.29) is 36.4 Å². The summed E-state index contributed by atoms with van der Waals surface area (Å²) in [6, 6.07) is 2.63. The zero-order valence-electron chi connectivity index (χ0n) is 16.4. The molecule has 3 atom stereocenters. The molecular formula is C21H28FN3O3. The molecule has 0 spiro atoms. The fourth-order valence-electron chi connectivity index (χ4n) is 4.98. The largest absolute Gasteiger partial charge is 0.337 e. The number of hydrogen-bond donors (Lipinski definition) is 0. The molecule has 1 aromatic rings. The third-order valence-corrected chi connectivity index (χ3v) is 6.66. The van der Waals surface area contributed by atoms with Crippen LogP contribution in [0.15, 0.2) is 23.1 Å². The topological polar surface area (TPSA) is 62.6 Å². The number of pyridine rings is 1. The number of likely N-dealkylation sites (tertiary alicyclic amines) is 1. The molecule has 0 aliphatic carbocycles. The third-order valence-electron chi connectivity index (χ3n) is 6.66. The summed E-state index contributed by atoms with van der Waals surface area (Å²) in [6.07, 6.45) is 7.75. The van der Waals surface area contributed by atoms with Crippen molar-refractivity contribution in [2.24, 2.45) is 7.05 Å². The minimum absolute atomic E-state index is 0.0534. The van der Waals surface area contributed by atoms with E-state index in [4.69, 9.17) is 0 Å². The van der Waals surface area contributed by atoms with Crippen molar-refractivity contribution in [1.29, 1.82) is 0 Å². The van der Waals surface area contributed by atoms with Gasteiger partial charge in [0.1, 0.15) is 6.04 Å². The van der Waals surface area contributed by atoms with Crippen molar-refractivity contribution in [3.05, 3.63) is 34.2 Å². The van der Waals surface area contributed by atoms with Gasteiger partial charge in [-0.1, -0.05) is 12.8 Å². The lowest BCUT2D eigenvalue weighted by atomic mass is 9.96. The average Bonchev–Trinajstić information content (AvgIpc) is 3.26. The number of aryl methyl sites for hydroxylation is 1. The van der Waals surface area contributed by atoms with Crippen LogP contribution in [0.1, 0.15) is 56.9 Å². The van der Waals surface area contributed by atoms with E-state index in [1.54, 1.807) is 29.1 Å². The van der Waals surface area contributed by atoms with Crippen LogP contribution in [0, 0.1) is 0 Å². The van der Waals surface area contributed by atoms with Gasteiger partial charge in [0.25, 0.3) is 5.56 Å². The number of nitrogens with zero attached hydrogens (tertiary/aromatic N) is 3. The van der Waals surface area contributed by atoms with Crippen LogP contribution >= 0.6 is 0 Å². The Morgan fingerprint density at radius 1 is 1.18 bits per heavy atom. The van der Waals surface area contributed by atoms with Crippen molar-refractivity contribution >= 4 is 11.8 Å². The Kier molecular flexibility index (Phi) is 5.02. The van der Waals surface area contributed by atoms with Crippen LogP contribution in [-0.4, -0.2) is 51.4 Å². The first-order valence-corrected chi connectivity index (χ1v) is 10.3. The Bertz CT molecular complexity index is 838. The number of aromatic nitrogens is 1. The van der Waals surface area contributed by atoms with E-state index in [9.17, 15) is 14.4 Å². The van der Waals surface area contributed by atoms with Crippen molar-refractivity contribution in [2.75, 3.05) is 13.1 Å². The highest BCUT2D eigenvalue weighted by Gasteiger charge is 2.47. The van der Waals surface area contributed by atoms with Gasteiger partial charge in [-0.15, -0.1) is 0 Å². The molecule has 3 saturated heterocycles. The molecule has 3 aliphatic heterocycles. The number of alkyl halides is 1. The molecule has 7 heteroatoms. The minimum atomic E-state index is -1.71. The summed E-state index contributed by atoms with van der Waals surface area (Å²) >= 11 is 0. The molecule has 3 fully saturated rings. The first-order chi connectivity index (χ1) is 13.4. The molecule has 0 radical (unpaired) electrons. The van der Waals surface area contributed by atoms with E-state index in [0.717, 1.165) is 32.1 Å². The molecule has 0 N–H and O–H groups in total. The van der Waals surface area contributed by atoms with E-state index in [0.29, 0.717) is 24.9 Å². The van der Waals surface area contributed by atoms with Crippen LogP contribution < -0.4 is 5.56 Å². The van der Waals surface area contributed by atoms with E-state index < -0.39 is 11.7 Å². The number of halogens is 1. The molecule has 6 nitrogen and oxygen atoms in total. The zero-order chi connectivity index (χ0) is 19.9. The lowest BCUT2D eigenvalue weighted by Crippen LogP contribution is -2.50. The molecule has 28 heavy (non-hydrogen) atoms. The van der Waals surface area contributed by atoms with E-state index >= 15 is 4.39 Å². The lowest BCUT2D eigenvalue weighted by molar-refractivity contribution is -0.145. The molecule has 152 valence electrons. The van der Waals surface area contributed by atoms with Gasteiger partial charge in [0.05, 0.1) is 6.54 Å². The number of amides is 2. The maximum absolute atomic E-state index is 15.6. The van der Waals surface area contributed by atoms with Gasteiger partial charge in [-0.3, -0.25) is 14.4 Å². The smallest absolute Gasteiger partial charge is 0.250 e. The molecule has 4 heterocycles. The van der Waals surface area contributed by atoms with E-state index in [1.807, 2.05) is 0 Å². The van der Waals surface area contributed by atoms with E-state index in [1.165, 1.54) is 10.6 Å². The highest BCUT2D eigenvalue weighted by molar-refractivity contribution is 5.89. The first-order valence-electron chi connectivity index (χ1n) is 10.3. The van der Waals surface area contributed by atoms with Crippen LogP contribution in [0.5, 0.6) is 0 Å². The number of rotatable bonds is 2. The molecule has 0 aromatic carbocycles. The summed E-state index contributed by atoms with van der Waals surface area (Å²) in [5, 5.41) is 0. The normalized spacial score (nSPS) is 30.9. The molecule has 0 saturated carbocycles. The second-order valence-electron chi connectivity index (χ2n) is 8.49. The van der Waals surface area contributed by atoms with Crippen molar-refractivity contribution in [3.8, 4) is 0 Å². The predicted molar refractivity (Wildman–Crippen MR) is 102 cm³/mol. The molecule has 3 aliphatic rings. The first kappa shape index (κ1) is 19.2. The number of carbonyl (C=O) groups excluding carboxylic acids is 2. The van der Waals surface area contributed by atoms with Crippen molar-refractivity contribution < 1.29 is 14.0 Å². The highest BCUT2D eigenvalue weighted by atomic mass is 19.1. The predicted octanol–water partition coefficient (Wildman–Crippen LogP) is 2.11. The fourth-order valence-corrected chi connectivity index (χ4v) is 4.98. The standard InChI is InChI=1S/C21H28FN3O3/c1-23-11-9-15(13-19(23)27)21(22)10-12-24(14-21)20(28)17-8-7-16-5-3-2-4-6-18(26)25(16)17/h9,11,13,16-17H,2-8,10,12,14H2,1H3/t16-,17-,21?/m0/s1. The average molecular weight is 389 g/mol. The summed E-state index contributed by atoms with van der Waals surface area (Å²) in [7, 11) is 1.62. The van der Waals surface area contributed by atoms with Crippen molar-refractivity contribution in [3.63, 3.8) is 0 Å². The number of hydrogen-bond acceptors (Lipinski definition) is 3. The van der Waals surface area contributed by atoms with E-state index in [2.05, 4.69) is 0 Å². The maximum Gasteiger partial charge on any atom is 0.250 e. The van der Waals surface area contributed by atoms with Gasteiger partial charge in [0, 0.05) is 44.7 Å². The highest BCUT2D eigenvalue weighted by Crippen LogP contribution is 2.38. The van der Waals surface area contributed by atoms with Crippen molar-refractivity contribution in [2.45, 2.75) is 69.1 Å². The van der Waals surface area contributed by atoms with Crippen LogP contribution in [0.25, 0.3) is 0 Å². The van der Waals surface area contributed by atoms with Crippen LogP contribution in [0.3, 0.4) is 0 Å². The molecule has 1 unspecified atom stereocenters. The van der Waals surface area contributed by atoms with Gasteiger partial charge >= 0.3 is 0 Å². The Morgan fingerprint density at radius 3 is 2.79 bits per heavy atom. The van der Waals surface area contributed by atoms with Gasteiger partial charge in [-0.05, 0) is 37.3 Å². The van der Waals surface area contributed by atoms with Crippen LogP contribution in [0.2, 0.25) is 0 Å². The molecule has 4 rings (SSSR count). The van der Waals surface area contributed by atoms with Crippen LogP contribution in [0.4, 0.5) is 4.39 Å². The van der Waals surface area contributed by atoms with Gasteiger partial charge in [0.15, 0.2) is 5.67 Å². The van der Waals surface area contributed by atoms with Crippen molar-refractivity contribution in [1.82, 2.24) is 14.4 Å². The molecular weight excluding hydrogens is 361 g/mol. The summed E-state index contributed by atoms with van der Waals surface area (Å²) in [5.74, 6) is -0.0717.